The van der Waals surface area contributed by atoms with Crippen molar-refractivity contribution < 1.29 is 4.79 Å². The first kappa shape index (κ1) is 21.0. The second-order valence-corrected chi connectivity index (χ2v) is 8.18. The predicted octanol–water partition coefficient (Wildman–Crippen LogP) is 2.82. The molecule has 0 aliphatic carbocycles. The number of pyridine rings is 1. The van der Waals surface area contributed by atoms with E-state index in [0.717, 1.165) is 60.6 Å². The van der Waals surface area contributed by atoms with Crippen molar-refractivity contribution in [2.45, 2.75) is 6.92 Å². The minimum Gasteiger partial charge on any atom is -0.354 e. The molecule has 1 fully saturated rings. The van der Waals surface area contributed by atoms with Gasteiger partial charge < -0.3 is 15.1 Å². The SMILES string of the molecule is CCN1CCN(c2cc(C(=O)Nc3cc4cc(-c5cnn(C)c5)ccc4nn3)ccn2)CC1. The normalized spacial score (nSPS) is 14.5. The standard InChI is InChI=1S/C24H26N8O/c1-3-31-8-10-32(11-9-31)23-14-18(6-7-25-23)24(33)27-22-13-19-12-17(4-5-21(19)28-29-22)20-15-26-30(2)16-20/h4-7,12-16H,3,8-11H2,1-2H3,(H,27,29,33). The first-order valence-corrected chi connectivity index (χ1v) is 11.1. The number of aryl methyl sites for hydroxylation is 1. The summed E-state index contributed by atoms with van der Waals surface area (Å²) in [6.07, 6.45) is 5.46. The Kier molecular flexibility index (Phi) is 5.70. The monoisotopic (exact) mass is 442 g/mol. The number of amides is 1. The molecule has 9 heteroatoms. The van der Waals surface area contributed by atoms with E-state index in [0.29, 0.717) is 11.4 Å². The Bertz CT molecular complexity index is 1290. The summed E-state index contributed by atoms with van der Waals surface area (Å²) in [5.41, 5.74) is 3.36. The number of nitrogens with one attached hydrogen (secondary N) is 1. The van der Waals surface area contributed by atoms with E-state index >= 15 is 0 Å². The van der Waals surface area contributed by atoms with Crippen LogP contribution in [0.15, 0.2) is 55.0 Å². The van der Waals surface area contributed by atoms with Crippen LogP contribution < -0.4 is 10.2 Å². The molecule has 1 aliphatic rings. The molecule has 3 aromatic heterocycles. The first-order valence-electron chi connectivity index (χ1n) is 11.1. The molecule has 1 N–H and O–H groups in total. The molecule has 33 heavy (non-hydrogen) atoms. The number of hydrogen-bond acceptors (Lipinski definition) is 7. The van der Waals surface area contributed by atoms with Gasteiger partial charge in [0, 0.05) is 62.1 Å². The van der Waals surface area contributed by atoms with Gasteiger partial charge in [-0.15, -0.1) is 10.2 Å². The number of carbonyl (C=O) groups is 1. The summed E-state index contributed by atoms with van der Waals surface area (Å²) < 4.78 is 1.77. The molecule has 4 heterocycles. The third-order valence-electron chi connectivity index (χ3n) is 6.02. The van der Waals surface area contributed by atoms with E-state index in [4.69, 9.17) is 0 Å². The second kappa shape index (κ2) is 8.95. The smallest absolute Gasteiger partial charge is 0.257 e. The molecule has 1 saturated heterocycles. The molecular weight excluding hydrogens is 416 g/mol. The molecule has 1 aromatic carbocycles. The largest absolute Gasteiger partial charge is 0.354 e. The van der Waals surface area contributed by atoms with Crippen LogP contribution in [-0.2, 0) is 7.05 Å². The van der Waals surface area contributed by atoms with Crippen molar-refractivity contribution in [2.24, 2.45) is 7.05 Å². The van der Waals surface area contributed by atoms with Gasteiger partial charge >= 0.3 is 0 Å². The Hall–Kier alpha value is -3.85. The van der Waals surface area contributed by atoms with Crippen molar-refractivity contribution in [3.05, 3.63) is 60.6 Å². The van der Waals surface area contributed by atoms with Gasteiger partial charge in [0.1, 0.15) is 5.82 Å². The minimum absolute atomic E-state index is 0.233. The maximum atomic E-state index is 12.9. The van der Waals surface area contributed by atoms with E-state index in [9.17, 15) is 4.79 Å². The molecule has 0 unspecified atom stereocenters. The lowest BCUT2D eigenvalue weighted by Gasteiger charge is -2.34. The Labute approximate surface area is 192 Å². The zero-order chi connectivity index (χ0) is 22.8. The number of nitrogens with zero attached hydrogens (tertiary/aromatic N) is 7. The summed E-state index contributed by atoms with van der Waals surface area (Å²) in [7, 11) is 1.89. The highest BCUT2D eigenvalue weighted by Gasteiger charge is 2.18. The molecule has 1 aliphatic heterocycles. The van der Waals surface area contributed by atoms with Crippen LogP contribution in [0.2, 0.25) is 0 Å². The molecule has 4 aromatic rings. The number of benzene rings is 1. The summed E-state index contributed by atoms with van der Waals surface area (Å²) in [5.74, 6) is 0.998. The van der Waals surface area contributed by atoms with Gasteiger partial charge in [0.05, 0.1) is 11.7 Å². The summed E-state index contributed by atoms with van der Waals surface area (Å²) in [4.78, 5) is 22.0. The third kappa shape index (κ3) is 4.54. The van der Waals surface area contributed by atoms with E-state index in [2.05, 4.69) is 42.3 Å². The van der Waals surface area contributed by atoms with Gasteiger partial charge in [-0.25, -0.2) is 4.98 Å². The van der Waals surface area contributed by atoms with Gasteiger partial charge in [0.15, 0.2) is 5.82 Å². The highest BCUT2D eigenvalue weighted by Crippen LogP contribution is 2.24. The lowest BCUT2D eigenvalue weighted by atomic mass is 10.1. The van der Waals surface area contributed by atoms with Crippen LogP contribution in [0.25, 0.3) is 22.0 Å². The molecule has 0 atom stereocenters. The average Bonchev–Trinajstić information content (AvgIpc) is 3.30. The van der Waals surface area contributed by atoms with Crippen molar-refractivity contribution in [1.29, 1.82) is 0 Å². The number of likely N-dealkylation sites (N-methyl/N-ethyl adjacent to an activating group) is 1. The Morgan fingerprint density at radius 1 is 1.03 bits per heavy atom. The summed E-state index contributed by atoms with van der Waals surface area (Å²) in [5, 5.41) is 16.4. The molecule has 0 spiro atoms. The van der Waals surface area contributed by atoms with E-state index < -0.39 is 0 Å². The van der Waals surface area contributed by atoms with Crippen LogP contribution in [0.5, 0.6) is 0 Å². The van der Waals surface area contributed by atoms with Gasteiger partial charge in [0.25, 0.3) is 5.91 Å². The van der Waals surface area contributed by atoms with Gasteiger partial charge in [0.2, 0.25) is 0 Å². The molecule has 168 valence electrons. The number of hydrogen-bond donors (Lipinski definition) is 1. The molecule has 0 bridgehead atoms. The maximum absolute atomic E-state index is 12.9. The van der Waals surface area contributed by atoms with E-state index in [1.54, 1.807) is 16.9 Å². The van der Waals surface area contributed by atoms with Gasteiger partial charge in [-0.3, -0.25) is 9.48 Å². The van der Waals surface area contributed by atoms with Gasteiger partial charge in [-0.2, -0.15) is 5.10 Å². The van der Waals surface area contributed by atoms with Crippen molar-refractivity contribution in [2.75, 3.05) is 42.9 Å². The van der Waals surface area contributed by atoms with E-state index in [1.165, 1.54) is 0 Å². The Morgan fingerprint density at radius 3 is 2.64 bits per heavy atom. The summed E-state index contributed by atoms with van der Waals surface area (Å²) >= 11 is 0. The fourth-order valence-electron chi connectivity index (χ4n) is 4.07. The molecule has 1 amide bonds. The van der Waals surface area contributed by atoms with E-state index in [-0.39, 0.29) is 5.91 Å². The predicted molar refractivity (Wildman–Crippen MR) is 128 cm³/mol. The van der Waals surface area contributed by atoms with Crippen LogP contribution in [0.1, 0.15) is 17.3 Å². The highest BCUT2D eigenvalue weighted by molar-refractivity contribution is 6.04. The second-order valence-electron chi connectivity index (χ2n) is 8.18. The number of rotatable bonds is 5. The first-order chi connectivity index (χ1) is 16.1. The van der Waals surface area contributed by atoms with Gasteiger partial charge in [-0.05, 0) is 42.4 Å². The van der Waals surface area contributed by atoms with Crippen molar-refractivity contribution in [3.63, 3.8) is 0 Å². The fourth-order valence-corrected chi connectivity index (χ4v) is 4.07. The van der Waals surface area contributed by atoms with Crippen LogP contribution in [0.4, 0.5) is 11.6 Å². The third-order valence-corrected chi connectivity index (χ3v) is 6.02. The van der Waals surface area contributed by atoms with Crippen LogP contribution in [0, 0.1) is 0 Å². The van der Waals surface area contributed by atoms with Crippen molar-refractivity contribution in [3.8, 4) is 11.1 Å². The molecule has 0 saturated carbocycles. The lowest BCUT2D eigenvalue weighted by molar-refractivity contribution is 0.102. The molecule has 5 rings (SSSR count). The zero-order valence-corrected chi connectivity index (χ0v) is 18.8. The fraction of sp³-hybridized carbons (Fsp3) is 0.292. The topological polar surface area (TPSA) is 92.1 Å². The minimum atomic E-state index is -0.233. The Balaban J connectivity index is 1.33. The maximum Gasteiger partial charge on any atom is 0.257 e. The molecule has 9 nitrogen and oxygen atoms in total. The van der Waals surface area contributed by atoms with Crippen molar-refractivity contribution >= 4 is 28.4 Å². The number of anilines is 2. The number of carbonyl (C=O) groups excluding carboxylic acids is 1. The van der Waals surface area contributed by atoms with Crippen molar-refractivity contribution in [1.82, 2.24) is 29.9 Å². The summed E-state index contributed by atoms with van der Waals surface area (Å²) in [6.45, 7) is 7.04. The van der Waals surface area contributed by atoms with Crippen LogP contribution >= 0.6 is 0 Å². The quantitative estimate of drug-likeness (QED) is 0.508. The zero-order valence-electron chi connectivity index (χ0n) is 18.8. The van der Waals surface area contributed by atoms with Crippen LogP contribution in [-0.4, -0.2) is 68.5 Å². The number of fused-ring (bicyclic) bond motifs is 1. The van der Waals surface area contributed by atoms with E-state index in [1.807, 2.05) is 49.8 Å². The van der Waals surface area contributed by atoms with Crippen LogP contribution in [0.3, 0.4) is 0 Å². The average molecular weight is 443 g/mol. The number of aromatic nitrogens is 5. The lowest BCUT2D eigenvalue weighted by Crippen LogP contribution is -2.46. The number of piperazine rings is 1. The summed E-state index contributed by atoms with van der Waals surface area (Å²) in [6, 6.07) is 11.3. The van der Waals surface area contributed by atoms with Gasteiger partial charge in [-0.1, -0.05) is 13.0 Å². The molecule has 0 radical (unpaired) electrons. The Morgan fingerprint density at radius 2 is 1.88 bits per heavy atom. The molecular formula is C24H26N8O. The highest BCUT2D eigenvalue weighted by atomic mass is 16.1.